The molecule has 0 aliphatic heterocycles. The van der Waals surface area contributed by atoms with E-state index in [0.717, 1.165) is 50.5 Å². The van der Waals surface area contributed by atoms with Gasteiger partial charge < -0.3 is 10.6 Å². The quantitative estimate of drug-likeness (QED) is 0.686. The van der Waals surface area contributed by atoms with Crippen LogP contribution in [0.3, 0.4) is 0 Å². The highest BCUT2D eigenvalue weighted by molar-refractivity contribution is 5.80. The molecule has 0 aromatic heterocycles. The Kier molecular flexibility index (Phi) is 5.22. The van der Waals surface area contributed by atoms with E-state index in [2.05, 4.69) is 31.4 Å². The van der Waals surface area contributed by atoms with Crippen molar-refractivity contribution in [2.45, 2.75) is 97.4 Å². The van der Waals surface area contributed by atoms with Crippen LogP contribution < -0.4 is 10.6 Å². The molecule has 2 N–H and O–H groups in total. The molecule has 4 heteroatoms. The van der Waals surface area contributed by atoms with Crippen molar-refractivity contribution < 1.29 is 9.59 Å². The van der Waals surface area contributed by atoms with Crippen LogP contribution in [0.15, 0.2) is 0 Å². The largest absolute Gasteiger partial charge is 0.355 e. The summed E-state index contributed by atoms with van der Waals surface area (Å²) in [5, 5.41) is 6.83. The smallest absolute Gasteiger partial charge is 0.223 e. The third-order valence-corrected chi connectivity index (χ3v) is 9.63. The lowest BCUT2D eigenvalue weighted by Crippen LogP contribution is -2.52. The molecule has 5 saturated carbocycles. The van der Waals surface area contributed by atoms with E-state index in [0.29, 0.717) is 23.7 Å². The summed E-state index contributed by atoms with van der Waals surface area (Å²) < 4.78 is 0. The normalized spacial score (nSPS) is 46.2. The molecule has 5 aliphatic carbocycles. The summed E-state index contributed by atoms with van der Waals surface area (Å²) in [4.78, 5) is 26.0. The molecule has 30 heavy (non-hydrogen) atoms. The van der Waals surface area contributed by atoms with Gasteiger partial charge in [-0.1, -0.05) is 33.6 Å². The Morgan fingerprint density at radius 2 is 1.40 bits per heavy atom. The molecule has 0 saturated heterocycles. The molecular weight excluding hydrogens is 372 g/mol. The average Bonchev–Trinajstić information content (AvgIpc) is 3.45. The Bertz CT molecular complexity index is 703. The van der Waals surface area contributed by atoms with E-state index in [1.165, 1.54) is 38.5 Å². The van der Waals surface area contributed by atoms with Gasteiger partial charge in [-0.05, 0) is 92.3 Å². The van der Waals surface area contributed by atoms with Gasteiger partial charge in [0.05, 0.1) is 0 Å². The van der Waals surface area contributed by atoms with E-state index in [1.54, 1.807) is 0 Å². The Labute approximate surface area is 182 Å². The molecule has 0 spiro atoms. The van der Waals surface area contributed by atoms with Crippen molar-refractivity contribution in [3.05, 3.63) is 0 Å². The lowest BCUT2D eigenvalue weighted by atomic mass is 9.62. The van der Waals surface area contributed by atoms with Gasteiger partial charge in [0.1, 0.15) is 0 Å². The Hall–Kier alpha value is -1.06. The maximum Gasteiger partial charge on any atom is 0.223 e. The van der Waals surface area contributed by atoms with Crippen LogP contribution >= 0.6 is 0 Å². The second-order valence-corrected chi connectivity index (χ2v) is 13.0. The Balaban J connectivity index is 1.18. The first kappa shape index (κ1) is 20.8. The number of hydrogen-bond acceptors (Lipinski definition) is 2. The molecule has 5 aliphatic rings. The minimum atomic E-state index is 0.0572. The standard InChI is InChI=1S/C26H42N2O2/c1-25(2)12-20(28-24(30)22-11-17-5-7-19(22)9-17)13-26(3,14-25)15-27-23(29)21-10-16-4-6-18(21)8-16/h16-22H,4-15H2,1-3H3,(H,27,29)(H,28,30). The third-order valence-electron chi connectivity index (χ3n) is 9.63. The lowest BCUT2D eigenvalue weighted by molar-refractivity contribution is -0.129. The van der Waals surface area contributed by atoms with Crippen molar-refractivity contribution in [1.29, 1.82) is 0 Å². The van der Waals surface area contributed by atoms with Gasteiger partial charge in [-0.15, -0.1) is 0 Å². The summed E-state index contributed by atoms with van der Waals surface area (Å²) in [5.74, 6) is 4.03. The molecule has 8 unspecified atom stereocenters. The minimum Gasteiger partial charge on any atom is -0.355 e. The zero-order valence-corrected chi connectivity index (χ0v) is 19.3. The van der Waals surface area contributed by atoms with Crippen molar-refractivity contribution in [2.24, 2.45) is 46.3 Å². The molecule has 0 heterocycles. The molecule has 2 amide bonds. The second kappa shape index (κ2) is 7.52. The molecule has 0 aromatic rings. The molecule has 0 radical (unpaired) electrons. The van der Waals surface area contributed by atoms with Crippen molar-refractivity contribution >= 4 is 11.8 Å². The highest BCUT2D eigenvalue weighted by Crippen LogP contribution is 2.50. The molecule has 168 valence electrons. The van der Waals surface area contributed by atoms with Crippen LogP contribution in [0.1, 0.15) is 91.4 Å². The summed E-state index contributed by atoms with van der Waals surface area (Å²) in [6.07, 6.45) is 13.1. The monoisotopic (exact) mass is 414 g/mol. The topological polar surface area (TPSA) is 58.2 Å². The van der Waals surface area contributed by atoms with Crippen LogP contribution in [0.5, 0.6) is 0 Å². The van der Waals surface area contributed by atoms with E-state index in [4.69, 9.17) is 0 Å². The maximum atomic E-state index is 13.1. The first-order valence-corrected chi connectivity index (χ1v) is 12.8. The first-order valence-electron chi connectivity index (χ1n) is 12.8. The van der Waals surface area contributed by atoms with E-state index in [9.17, 15) is 9.59 Å². The number of rotatable bonds is 5. The maximum absolute atomic E-state index is 13.1. The van der Waals surface area contributed by atoms with Gasteiger partial charge in [-0.25, -0.2) is 0 Å². The fourth-order valence-electron chi connectivity index (χ4n) is 8.74. The highest BCUT2D eigenvalue weighted by atomic mass is 16.2. The Morgan fingerprint density at radius 1 is 0.800 bits per heavy atom. The van der Waals surface area contributed by atoms with E-state index in [-0.39, 0.29) is 28.7 Å². The van der Waals surface area contributed by atoms with Crippen molar-refractivity contribution in [3.63, 3.8) is 0 Å². The van der Waals surface area contributed by atoms with Gasteiger partial charge in [-0.3, -0.25) is 9.59 Å². The predicted octanol–water partition coefficient (Wildman–Crippen LogP) is 4.68. The van der Waals surface area contributed by atoms with Crippen LogP contribution in [0.4, 0.5) is 0 Å². The first-order chi connectivity index (χ1) is 14.2. The van der Waals surface area contributed by atoms with Gasteiger partial charge in [0, 0.05) is 24.4 Å². The van der Waals surface area contributed by atoms with Gasteiger partial charge in [-0.2, -0.15) is 0 Å². The molecule has 8 atom stereocenters. The lowest BCUT2D eigenvalue weighted by Gasteiger charge is -2.47. The third kappa shape index (κ3) is 4.05. The van der Waals surface area contributed by atoms with Gasteiger partial charge >= 0.3 is 0 Å². The van der Waals surface area contributed by atoms with Crippen molar-refractivity contribution in [3.8, 4) is 0 Å². The van der Waals surface area contributed by atoms with E-state index < -0.39 is 0 Å². The predicted molar refractivity (Wildman–Crippen MR) is 119 cm³/mol. The number of hydrogen-bond donors (Lipinski definition) is 2. The second-order valence-electron chi connectivity index (χ2n) is 13.0. The number of fused-ring (bicyclic) bond motifs is 4. The molecule has 4 bridgehead atoms. The minimum absolute atomic E-state index is 0.0572. The average molecular weight is 415 g/mol. The number of carbonyl (C=O) groups is 2. The van der Waals surface area contributed by atoms with Crippen LogP contribution in [-0.2, 0) is 9.59 Å². The number of nitrogens with one attached hydrogen (secondary N) is 2. The Morgan fingerprint density at radius 3 is 1.93 bits per heavy atom. The van der Waals surface area contributed by atoms with Gasteiger partial charge in [0.2, 0.25) is 11.8 Å². The van der Waals surface area contributed by atoms with Crippen molar-refractivity contribution in [2.75, 3.05) is 6.54 Å². The summed E-state index contributed by atoms with van der Waals surface area (Å²) in [5.41, 5.74) is 0.248. The number of amides is 2. The van der Waals surface area contributed by atoms with Crippen LogP contribution in [0, 0.1) is 46.3 Å². The molecule has 5 rings (SSSR count). The SMILES string of the molecule is CC1(C)CC(NC(=O)C2CC3CCC2C3)CC(C)(CNC(=O)C2CC3CCC2C3)C1. The molecule has 5 fully saturated rings. The zero-order chi connectivity index (χ0) is 21.1. The van der Waals surface area contributed by atoms with Crippen molar-refractivity contribution in [1.82, 2.24) is 10.6 Å². The van der Waals surface area contributed by atoms with Crippen LogP contribution in [-0.4, -0.2) is 24.4 Å². The van der Waals surface area contributed by atoms with Crippen LogP contribution in [0.2, 0.25) is 0 Å². The number of carbonyl (C=O) groups excluding carboxylic acids is 2. The highest BCUT2D eigenvalue weighted by Gasteiger charge is 2.47. The molecule has 0 aromatic carbocycles. The summed E-state index contributed by atoms with van der Waals surface area (Å²) >= 11 is 0. The fraction of sp³-hybridized carbons (Fsp3) is 0.923. The fourth-order valence-corrected chi connectivity index (χ4v) is 8.74. The van der Waals surface area contributed by atoms with Crippen LogP contribution in [0.25, 0.3) is 0 Å². The van der Waals surface area contributed by atoms with Gasteiger partial charge in [0.25, 0.3) is 0 Å². The van der Waals surface area contributed by atoms with Gasteiger partial charge in [0.15, 0.2) is 0 Å². The molecular formula is C26H42N2O2. The molecule has 4 nitrogen and oxygen atoms in total. The van der Waals surface area contributed by atoms with E-state index in [1.807, 2.05) is 0 Å². The summed E-state index contributed by atoms with van der Waals surface area (Å²) in [7, 11) is 0. The summed E-state index contributed by atoms with van der Waals surface area (Å²) in [6.45, 7) is 7.74. The summed E-state index contributed by atoms with van der Waals surface area (Å²) in [6, 6.07) is 0.241. The zero-order valence-electron chi connectivity index (χ0n) is 19.3. The van der Waals surface area contributed by atoms with E-state index >= 15 is 0 Å².